The van der Waals surface area contributed by atoms with Crippen molar-refractivity contribution in [3.63, 3.8) is 0 Å². The van der Waals surface area contributed by atoms with Crippen LogP contribution < -0.4 is 5.32 Å². The van der Waals surface area contributed by atoms with E-state index in [-0.39, 0.29) is 6.04 Å². The summed E-state index contributed by atoms with van der Waals surface area (Å²) in [7, 11) is 0. The van der Waals surface area contributed by atoms with Crippen molar-refractivity contribution in [1.29, 1.82) is 0 Å². The molecule has 1 aromatic rings. The molecule has 0 spiro atoms. The Labute approximate surface area is 109 Å². The molecule has 18 heavy (non-hydrogen) atoms. The summed E-state index contributed by atoms with van der Waals surface area (Å²) in [5.74, 6) is 0. The number of benzene rings is 1. The number of amides is 2. The molecule has 0 atom stereocenters. The minimum atomic E-state index is -2.52. The summed E-state index contributed by atoms with van der Waals surface area (Å²) >= 11 is 5.78. The topological polar surface area (TPSA) is 32.3 Å². The summed E-state index contributed by atoms with van der Waals surface area (Å²) in [6.07, 6.45) is -0.943. The molecule has 1 aliphatic rings. The Bertz CT molecular complexity index is 438. The zero-order valence-electron chi connectivity index (χ0n) is 9.57. The number of rotatable bonds is 4. The molecule has 0 aliphatic heterocycles. The van der Waals surface area contributed by atoms with Crippen LogP contribution in [0.15, 0.2) is 24.3 Å². The highest BCUT2D eigenvalue weighted by Gasteiger charge is 2.34. The van der Waals surface area contributed by atoms with Crippen molar-refractivity contribution in [3.05, 3.63) is 29.3 Å². The highest BCUT2D eigenvalue weighted by atomic mass is 35.5. The molecule has 0 radical (unpaired) electrons. The third kappa shape index (κ3) is 3.57. The Balaban J connectivity index is 2.00. The van der Waals surface area contributed by atoms with Crippen LogP contribution in [0, 0.1) is 0 Å². The zero-order valence-corrected chi connectivity index (χ0v) is 10.3. The fourth-order valence-corrected chi connectivity index (χ4v) is 1.88. The molecule has 0 saturated heterocycles. The lowest BCUT2D eigenvalue weighted by Gasteiger charge is -2.22. The van der Waals surface area contributed by atoms with Crippen molar-refractivity contribution in [2.75, 3.05) is 11.9 Å². The third-order valence-corrected chi connectivity index (χ3v) is 2.89. The molecule has 98 valence electrons. The van der Waals surface area contributed by atoms with Gasteiger partial charge in [-0.25, -0.2) is 13.6 Å². The quantitative estimate of drug-likeness (QED) is 0.894. The fourth-order valence-electron chi connectivity index (χ4n) is 1.69. The number of urea groups is 1. The molecule has 3 nitrogen and oxygen atoms in total. The molecular formula is C12H13ClF2N2O. The number of carbonyl (C=O) groups is 1. The Kier molecular flexibility index (Phi) is 4.01. The first-order valence-corrected chi connectivity index (χ1v) is 6.05. The van der Waals surface area contributed by atoms with E-state index >= 15 is 0 Å². The summed E-state index contributed by atoms with van der Waals surface area (Å²) in [6.45, 7) is -0.531. The van der Waals surface area contributed by atoms with Crippen LogP contribution in [0.1, 0.15) is 12.8 Å². The van der Waals surface area contributed by atoms with E-state index in [9.17, 15) is 13.6 Å². The van der Waals surface area contributed by atoms with E-state index in [0.717, 1.165) is 12.8 Å². The lowest BCUT2D eigenvalue weighted by atomic mass is 10.3. The normalized spacial score (nSPS) is 14.7. The van der Waals surface area contributed by atoms with E-state index in [1.807, 2.05) is 0 Å². The molecule has 1 fully saturated rings. The van der Waals surface area contributed by atoms with Crippen LogP contribution in [-0.4, -0.2) is 29.9 Å². The number of halogens is 3. The summed E-state index contributed by atoms with van der Waals surface area (Å²) < 4.78 is 24.8. The predicted molar refractivity (Wildman–Crippen MR) is 66.2 cm³/mol. The van der Waals surface area contributed by atoms with Gasteiger partial charge in [0, 0.05) is 16.8 Å². The van der Waals surface area contributed by atoms with Crippen molar-refractivity contribution < 1.29 is 13.6 Å². The van der Waals surface area contributed by atoms with E-state index in [0.29, 0.717) is 10.7 Å². The van der Waals surface area contributed by atoms with Gasteiger partial charge >= 0.3 is 6.03 Å². The van der Waals surface area contributed by atoms with Crippen LogP contribution in [0.25, 0.3) is 0 Å². The van der Waals surface area contributed by atoms with E-state index in [2.05, 4.69) is 5.32 Å². The fraction of sp³-hybridized carbons (Fsp3) is 0.417. The number of carbonyl (C=O) groups excluding carboxylic acids is 1. The number of alkyl halides is 2. The van der Waals surface area contributed by atoms with E-state index < -0.39 is 19.0 Å². The molecule has 6 heteroatoms. The van der Waals surface area contributed by atoms with Crippen molar-refractivity contribution in [2.45, 2.75) is 25.3 Å². The highest BCUT2D eigenvalue weighted by Crippen LogP contribution is 2.28. The molecule has 2 rings (SSSR count). The highest BCUT2D eigenvalue weighted by molar-refractivity contribution is 6.30. The average molecular weight is 275 g/mol. The monoisotopic (exact) mass is 274 g/mol. The van der Waals surface area contributed by atoms with Gasteiger partial charge in [0.2, 0.25) is 0 Å². The maximum atomic E-state index is 12.4. The van der Waals surface area contributed by atoms with Crippen LogP contribution in [0.3, 0.4) is 0 Å². The van der Waals surface area contributed by atoms with Gasteiger partial charge in [-0.2, -0.15) is 0 Å². The van der Waals surface area contributed by atoms with Crippen LogP contribution in [-0.2, 0) is 0 Å². The molecule has 0 unspecified atom stereocenters. The second kappa shape index (κ2) is 5.52. The average Bonchev–Trinajstić information content (AvgIpc) is 3.09. The van der Waals surface area contributed by atoms with Crippen molar-refractivity contribution >= 4 is 23.3 Å². The zero-order chi connectivity index (χ0) is 13.1. The first-order valence-electron chi connectivity index (χ1n) is 5.67. The van der Waals surface area contributed by atoms with Crippen LogP contribution in [0.4, 0.5) is 19.3 Å². The summed E-state index contributed by atoms with van der Waals surface area (Å²) in [5.41, 5.74) is 0.507. The van der Waals surface area contributed by atoms with Crippen LogP contribution in [0.5, 0.6) is 0 Å². The van der Waals surface area contributed by atoms with Gasteiger partial charge in [-0.1, -0.05) is 17.7 Å². The second-order valence-corrected chi connectivity index (χ2v) is 4.65. The third-order valence-electron chi connectivity index (χ3n) is 2.66. The van der Waals surface area contributed by atoms with Gasteiger partial charge in [-0.05, 0) is 31.0 Å². The molecule has 0 bridgehead atoms. The Morgan fingerprint density at radius 2 is 2.22 bits per heavy atom. The van der Waals surface area contributed by atoms with Gasteiger partial charge in [0.25, 0.3) is 6.43 Å². The number of nitrogens with zero attached hydrogens (tertiary/aromatic N) is 1. The lowest BCUT2D eigenvalue weighted by Crippen LogP contribution is -2.39. The van der Waals surface area contributed by atoms with Crippen molar-refractivity contribution in [2.24, 2.45) is 0 Å². The van der Waals surface area contributed by atoms with Gasteiger partial charge < -0.3 is 10.2 Å². The lowest BCUT2D eigenvalue weighted by molar-refractivity contribution is 0.0994. The largest absolute Gasteiger partial charge is 0.322 e. The Morgan fingerprint density at radius 3 is 2.78 bits per heavy atom. The van der Waals surface area contributed by atoms with Gasteiger partial charge in [0.05, 0.1) is 6.54 Å². The minimum absolute atomic E-state index is 0.0572. The number of nitrogens with one attached hydrogen (secondary N) is 1. The minimum Gasteiger partial charge on any atom is -0.316 e. The summed E-state index contributed by atoms with van der Waals surface area (Å²) in [4.78, 5) is 13.1. The Morgan fingerprint density at radius 1 is 1.50 bits per heavy atom. The molecular weight excluding hydrogens is 262 g/mol. The second-order valence-electron chi connectivity index (χ2n) is 4.22. The van der Waals surface area contributed by atoms with Crippen LogP contribution in [0.2, 0.25) is 5.02 Å². The number of hydrogen-bond donors (Lipinski definition) is 1. The molecule has 1 saturated carbocycles. The van der Waals surface area contributed by atoms with E-state index in [1.54, 1.807) is 24.3 Å². The van der Waals surface area contributed by atoms with E-state index in [4.69, 9.17) is 11.6 Å². The first-order chi connectivity index (χ1) is 8.56. The Hall–Kier alpha value is -1.36. The smallest absolute Gasteiger partial charge is 0.316 e. The van der Waals surface area contributed by atoms with Gasteiger partial charge in [-0.3, -0.25) is 0 Å². The van der Waals surface area contributed by atoms with E-state index in [1.165, 1.54) is 4.90 Å². The van der Waals surface area contributed by atoms with Crippen molar-refractivity contribution in [3.8, 4) is 0 Å². The predicted octanol–water partition coefficient (Wildman–Crippen LogP) is 3.60. The van der Waals surface area contributed by atoms with Crippen LogP contribution >= 0.6 is 11.6 Å². The number of anilines is 1. The number of hydrogen-bond acceptors (Lipinski definition) is 1. The molecule has 0 aromatic heterocycles. The van der Waals surface area contributed by atoms with Crippen molar-refractivity contribution in [1.82, 2.24) is 4.90 Å². The molecule has 1 aliphatic carbocycles. The van der Waals surface area contributed by atoms with Gasteiger partial charge in [0.1, 0.15) is 0 Å². The van der Waals surface area contributed by atoms with Gasteiger partial charge in [-0.15, -0.1) is 0 Å². The summed E-state index contributed by atoms with van der Waals surface area (Å²) in [5, 5.41) is 3.06. The SMILES string of the molecule is O=C(Nc1cccc(Cl)c1)N(CC(F)F)C1CC1. The molecule has 0 heterocycles. The maximum Gasteiger partial charge on any atom is 0.322 e. The summed E-state index contributed by atoms with van der Waals surface area (Å²) in [6, 6.07) is 6.05. The molecule has 1 N–H and O–H groups in total. The standard InChI is InChI=1S/C12H13ClF2N2O/c13-8-2-1-3-9(6-8)16-12(18)17(7-11(14)15)10-4-5-10/h1-3,6,10-11H,4-5,7H2,(H,16,18). The van der Waals surface area contributed by atoms with Gasteiger partial charge in [0.15, 0.2) is 0 Å². The molecule has 2 amide bonds. The first kappa shape index (κ1) is 13.1. The maximum absolute atomic E-state index is 12.4. The molecule has 1 aromatic carbocycles.